The SMILES string of the molecule is O=c1c(C2CCCCC2)c(N2CCOCC2)nc2n1CCCS2. The van der Waals surface area contributed by atoms with Crippen LogP contribution in [0.15, 0.2) is 9.95 Å². The minimum absolute atomic E-state index is 0.232. The molecule has 0 bridgehead atoms. The number of nitrogens with zero attached hydrogens (tertiary/aromatic N) is 3. The molecule has 2 fully saturated rings. The summed E-state index contributed by atoms with van der Waals surface area (Å²) < 4.78 is 7.42. The molecule has 126 valence electrons. The zero-order valence-corrected chi connectivity index (χ0v) is 14.4. The standard InChI is InChI=1S/C17H25N3O2S/c21-16-14(13-5-2-1-3-6-13)15(19-8-10-22-11-9-19)18-17-20(16)7-4-12-23-17/h13H,1-12H2. The number of ether oxygens (including phenoxy) is 1. The second kappa shape index (κ2) is 6.85. The van der Waals surface area contributed by atoms with E-state index in [1.165, 1.54) is 19.3 Å². The average Bonchev–Trinajstić information content (AvgIpc) is 2.63. The molecular weight excluding hydrogens is 310 g/mol. The molecule has 23 heavy (non-hydrogen) atoms. The summed E-state index contributed by atoms with van der Waals surface area (Å²) in [6, 6.07) is 0. The molecule has 5 nitrogen and oxygen atoms in total. The van der Waals surface area contributed by atoms with Crippen LogP contribution < -0.4 is 10.5 Å². The third-order valence-electron chi connectivity index (χ3n) is 5.23. The Morgan fingerprint density at radius 2 is 1.83 bits per heavy atom. The van der Waals surface area contributed by atoms with Gasteiger partial charge in [-0.25, -0.2) is 4.98 Å². The van der Waals surface area contributed by atoms with Gasteiger partial charge in [0.25, 0.3) is 5.56 Å². The maximum atomic E-state index is 13.2. The molecule has 1 aliphatic carbocycles. The van der Waals surface area contributed by atoms with Crippen molar-refractivity contribution in [2.45, 2.75) is 56.1 Å². The van der Waals surface area contributed by atoms with Crippen molar-refractivity contribution in [1.82, 2.24) is 9.55 Å². The van der Waals surface area contributed by atoms with Gasteiger partial charge in [0.15, 0.2) is 5.16 Å². The van der Waals surface area contributed by atoms with Crippen molar-refractivity contribution in [3.63, 3.8) is 0 Å². The molecule has 2 aliphatic heterocycles. The van der Waals surface area contributed by atoms with E-state index >= 15 is 0 Å². The van der Waals surface area contributed by atoms with Crippen LogP contribution >= 0.6 is 11.8 Å². The number of morpholine rings is 1. The number of fused-ring (bicyclic) bond motifs is 1. The van der Waals surface area contributed by atoms with Crippen molar-refractivity contribution in [2.24, 2.45) is 0 Å². The fourth-order valence-electron chi connectivity index (χ4n) is 4.00. The molecule has 3 aliphatic rings. The molecule has 1 saturated carbocycles. The maximum absolute atomic E-state index is 13.2. The first-order valence-electron chi connectivity index (χ1n) is 8.95. The molecule has 0 atom stereocenters. The first-order valence-corrected chi connectivity index (χ1v) is 9.93. The fraction of sp³-hybridized carbons (Fsp3) is 0.765. The van der Waals surface area contributed by atoms with Gasteiger partial charge in [0, 0.05) is 25.4 Å². The molecule has 0 N–H and O–H groups in total. The third-order valence-corrected chi connectivity index (χ3v) is 6.29. The Kier molecular flexibility index (Phi) is 4.62. The predicted molar refractivity (Wildman–Crippen MR) is 92.7 cm³/mol. The summed E-state index contributed by atoms with van der Waals surface area (Å²) in [6.07, 6.45) is 7.13. The van der Waals surface area contributed by atoms with Crippen LogP contribution in [0.4, 0.5) is 5.82 Å². The summed E-state index contributed by atoms with van der Waals surface area (Å²) in [6.45, 7) is 3.99. The number of aromatic nitrogens is 2. The van der Waals surface area contributed by atoms with E-state index in [2.05, 4.69) is 4.90 Å². The van der Waals surface area contributed by atoms with Crippen LogP contribution in [0.5, 0.6) is 0 Å². The van der Waals surface area contributed by atoms with E-state index in [0.717, 1.165) is 74.4 Å². The molecule has 1 aromatic rings. The fourth-order valence-corrected chi connectivity index (χ4v) is 4.93. The van der Waals surface area contributed by atoms with E-state index in [1.807, 2.05) is 4.57 Å². The Bertz CT molecular complexity index is 619. The van der Waals surface area contributed by atoms with Gasteiger partial charge in [-0.15, -0.1) is 0 Å². The topological polar surface area (TPSA) is 47.4 Å². The van der Waals surface area contributed by atoms with Gasteiger partial charge < -0.3 is 9.64 Å². The van der Waals surface area contributed by atoms with E-state index in [-0.39, 0.29) is 5.56 Å². The van der Waals surface area contributed by atoms with Crippen LogP contribution in [-0.2, 0) is 11.3 Å². The molecule has 1 saturated heterocycles. The highest BCUT2D eigenvalue weighted by Gasteiger charge is 2.29. The van der Waals surface area contributed by atoms with Crippen molar-refractivity contribution >= 4 is 17.6 Å². The van der Waals surface area contributed by atoms with Crippen LogP contribution in [0.2, 0.25) is 0 Å². The lowest BCUT2D eigenvalue weighted by Gasteiger charge is -2.33. The van der Waals surface area contributed by atoms with Crippen LogP contribution in [-0.4, -0.2) is 41.6 Å². The zero-order chi connectivity index (χ0) is 15.6. The van der Waals surface area contributed by atoms with Crippen molar-refractivity contribution in [2.75, 3.05) is 37.0 Å². The maximum Gasteiger partial charge on any atom is 0.259 e. The predicted octanol–water partition coefficient (Wildman–Crippen LogP) is 2.62. The molecule has 3 heterocycles. The number of hydrogen-bond donors (Lipinski definition) is 0. The summed E-state index contributed by atoms with van der Waals surface area (Å²) in [5, 5.41) is 0.919. The van der Waals surface area contributed by atoms with Crippen LogP contribution in [0.25, 0.3) is 0 Å². The summed E-state index contributed by atoms with van der Waals surface area (Å²) >= 11 is 1.73. The molecule has 0 unspecified atom stereocenters. The zero-order valence-electron chi connectivity index (χ0n) is 13.6. The normalized spacial score (nSPS) is 22.9. The van der Waals surface area contributed by atoms with Gasteiger partial charge in [0.2, 0.25) is 0 Å². The second-order valence-electron chi connectivity index (χ2n) is 6.72. The van der Waals surface area contributed by atoms with E-state index in [0.29, 0.717) is 5.92 Å². The van der Waals surface area contributed by atoms with Gasteiger partial charge in [0.1, 0.15) is 5.82 Å². The number of hydrogen-bond acceptors (Lipinski definition) is 5. The Hall–Kier alpha value is -1.01. The Morgan fingerprint density at radius 3 is 2.61 bits per heavy atom. The van der Waals surface area contributed by atoms with Crippen molar-refractivity contribution in [1.29, 1.82) is 0 Å². The minimum atomic E-state index is 0.232. The van der Waals surface area contributed by atoms with Crippen molar-refractivity contribution < 1.29 is 4.74 Å². The van der Waals surface area contributed by atoms with Crippen molar-refractivity contribution in [3.8, 4) is 0 Å². The molecular formula is C17H25N3O2S. The highest BCUT2D eigenvalue weighted by molar-refractivity contribution is 7.99. The average molecular weight is 335 g/mol. The molecule has 0 amide bonds. The molecule has 0 radical (unpaired) electrons. The third kappa shape index (κ3) is 3.03. The van der Waals surface area contributed by atoms with E-state index < -0.39 is 0 Å². The smallest absolute Gasteiger partial charge is 0.259 e. The highest BCUT2D eigenvalue weighted by Crippen LogP contribution is 2.36. The molecule has 0 spiro atoms. The van der Waals surface area contributed by atoms with Gasteiger partial charge in [-0.1, -0.05) is 31.0 Å². The van der Waals surface area contributed by atoms with E-state index in [9.17, 15) is 4.79 Å². The van der Waals surface area contributed by atoms with Gasteiger partial charge in [-0.2, -0.15) is 0 Å². The van der Waals surface area contributed by atoms with Crippen LogP contribution in [0.3, 0.4) is 0 Å². The molecule has 4 rings (SSSR count). The van der Waals surface area contributed by atoms with Gasteiger partial charge in [0.05, 0.1) is 18.8 Å². The van der Waals surface area contributed by atoms with Gasteiger partial charge in [-0.3, -0.25) is 9.36 Å². The first kappa shape index (κ1) is 15.5. The van der Waals surface area contributed by atoms with Crippen molar-refractivity contribution in [3.05, 3.63) is 15.9 Å². The number of thioether (sulfide) groups is 1. The van der Waals surface area contributed by atoms with Gasteiger partial charge >= 0.3 is 0 Å². The Morgan fingerprint density at radius 1 is 1.04 bits per heavy atom. The summed E-state index contributed by atoms with van der Waals surface area (Å²) in [4.78, 5) is 20.5. The number of anilines is 1. The lowest BCUT2D eigenvalue weighted by atomic mass is 9.84. The number of rotatable bonds is 2. The van der Waals surface area contributed by atoms with E-state index in [4.69, 9.17) is 9.72 Å². The van der Waals surface area contributed by atoms with E-state index in [1.54, 1.807) is 11.8 Å². The second-order valence-corrected chi connectivity index (χ2v) is 7.79. The Labute approximate surface area is 141 Å². The Balaban J connectivity index is 1.80. The first-order chi connectivity index (χ1) is 11.3. The minimum Gasteiger partial charge on any atom is -0.378 e. The van der Waals surface area contributed by atoms with Gasteiger partial charge in [-0.05, 0) is 25.2 Å². The summed E-state index contributed by atoms with van der Waals surface area (Å²) in [7, 11) is 0. The molecule has 1 aromatic heterocycles. The molecule has 6 heteroatoms. The van der Waals surface area contributed by atoms with Crippen LogP contribution in [0, 0.1) is 0 Å². The summed E-state index contributed by atoms with van der Waals surface area (Å²) in [5.41, 5.74) is 1.23. The lowest BCUT2D eigenvalue weighted by Crippen LogP contribution is -2.41. The quantitative estimate of drug-likeness (QED) is 0.778. The monoisotopic (exact) mass is 335 g/mol. The largest absolute Gasteiger partial charge is 0.378 e. The highest BCUT2D eigenvalue weighted by atomic mass is 32.2. The molecule has 0 aromatic carbocycles. The lowest BCUT2D eigenvalue weighted by molar-refractivity contribution is 0.122. The summed E-state index contributed by atoms with van der Waals surface area (Å²) in [5.74, 6) is 2.43. The van der Waals surface area contributed by atoms with Crippen LogP contribution in [0.1, 0.15) is 50.0 Å².